The second-order valence-electron chi connectivity index (χ2n) is 4.50. The van der Waals surface area contributed by atoms with Crippen molar-refractivity contribution in [2.75, 3.05) is 6.61 Å². The Labute approximate surface area is 107 Å². The van der Waals surface area contributed by atoms with Crippen LogP contribution in [0.15, 0.2) is 24.3 Å². The molecule has 0 amide bonds. The summed E-state index contributed by atoms with van der Waals surface area (Å²) in [6.45, 7) is 5.93. The number of ether oxygens (including phenoxy) is 1. The molecule has 0 fully saturated rings. The molecule has 0 radical (unpaired) electrons. The van der Waals surface area contributed by atoms with E-state index in [4.69, 9.17) is 5.73 Å². The van der Waals surface area contributed by atoms with Crippen LogP contribution in [0.3, 0.4) is 0 Å². The fourth-order valence-electron chi connectivity index (χ4n) is 1.64. The highest BCUT2D eigenvalue weighted by Crippen LogP contribution is 2.21. The summed E-state index contributed by atoms with van der Waals surface area (Å²) in [5.74, 6) is -0.501. The van der Waals surface area contributed by atoms with Crippen molar-refractivity contribution in [3.63, 3.8) is 0 Å². The summed E-state index contributed by atoms with van der Waals surface area (Å²) in [6, 6.07) is 6.33. The summed E-state index contributed by atoms with van der Waals surface area (Å²) in [5, 5.41) is 0. The van der Waals surface area contributed by atoms with E-state index in [2.05, 4.69) is 18.6 Å². The molecule has 0 aliphatic rings. The Hall–Kier alpha value is -1.42. The Morgan fingerprint density at radius 2 is 1.78 bits per heavy atom. The van der Waals surface area contributed by atoms with Gasteiger partial charge in [-0.25, -0.2) is 9.18 Å². The lowest BCUT2D eigenvalue weighted by Gasteiger charge is -2.16. The smallest absolute Gasteiger partial charge is 0.342 e. The molecule has 0 aliphatic heterocycles. The van der Waals surface area contributed by atoms with Crippen LogP contribution in [-0.4, -0.2) is 18.7 Å². The number of carbonyl (C=O) groups excluding carboxylic acids is 1. The van der Waals surface area contributed by atoms with E-state index >= 15 is 0 Å². The molecule has 100 valence electrons. The average Bonchev–Trinajstić information content (AvgIpc) is 2.37. The largest absolute Gasteiger partial charge is 0.464 e. The van der Waals surface area contributed by atoms with Crippen LogP contribution in [0.5, 0.6) is 0 Å². The zero-order chi connectivity index (χ0) is 13.7. The van der Waals surface area contributed by atoms with Gasteiger partial charge in [-0.05, 0) is 24.0 Å². The lowest BCUT2D eigenvalue weighted by molar-refractivity contribution is -0.149. The van der Waals surface area contributed by atoms with Crippen LogP contribution >= 0.6 is 0 Å². The van der Waals surface area contributed by atoms with Gasteiger partial charge in [-0.1, -0.05) is 38.1 Å². The van der Waals surface area contributed by atoms with Crippen LogP contribution in [0, 0.1) is 0 Å². The van der Waals surface area contributed by atoms with Crippen LogP contribution in [0.25, 0.3) is 0 Å². The molecule has 1 aromatic rings. The molecule has 0 heterocycles. The quantitative estimate of drug-likeness (QED) is 0.821. The predicted molar refractivity (Wildman–Crippen MR) is 69.0 cm³/mol. The van der Waals surface area contributed by atoms with Gasteiger partial charge in [-0.15, -0.1) is 0 Å². The van der Waals surface area contributed by atoms with Gasteiger partial charge in [0.2, 0.25) is 6.17 Å². The van der Waals surface area contributed by atoms with E-state index in [0.29, 0.717) is 11.5 Å². The van der Waals surface area contributed by atoms with Gasteiger partial charge < -0.3 is 10.5 Å². The third kappa shape index (κ3) is 3.53. The molecule has 3 nitrogen and oxygen atoms in total. The number of alkyl halides is 1. The second kappa shape index (κ2) is 6.50. The van der Waals surface area contributed by atoms with Gasteiger partial charge in [-0.2, -0.15) is 0 Å². The molecule has 0 spiro atoms. The fraction of sp³-hybridized carbons (Fsp3) is 0.500. The minimum absolute atomic E-state index is 0.151. The highest BCUT2D eigenvalue weighted by Gasteiger charge is 2.27. The number of carbonyl (C=O) groups is 1. The van der Waals surface area contributed by atoms with Gasteiger partial charge in [-0.3, -0.25) is 0 Å². The van der Waals surface area contributed by atoms with E-state index < -0.39 is 18.2 Å². The van der Waals surface area contributed by atoms with Crippen molar-refractivity contribution in [2.45, 2.75) is 38.9 Å². The predicted octanol–water partition coefficient (Wildman–Crippen LogP) is 2.71. The standard InChI is InChI=1S/C14H20FNO2/c1-4-18-14(17)12(15)13(16)11-7-5-10(6-8-11)9(2)3/h5-9,12-13H,4,16H2,1-3H3/t12?,13-/m0/s1. The van der Waals surface area contributed by atoms with E-state index in [9.17, 15) is 9.18 Å². The maximum Gasteiger partial charge on any atom is 0.342 e. The van der Waals surface area contributed by atoms with Crippen molar-refractivity contribution < 1.29 is 13.9 Å². The van der Waals surface area contributed by atoms with Gasteiger partial charge in [0.05, 0.1) is 12.6 Å². The lowest BCUT2D eigenvalue weighted by atomic mass is 9.97. The van der Waals surface area contributed by atoms with Crippen LogP contribution < -0.4 is 5.73 Å². The van der Waals surface area contributed by atoms with E-state index in [1.165, 1.54) is 0 Å². The number of esters is 1. The zero-order valence-electron chi connectivity index (χ0n) is 11.0. The Kier molecular flexibility index (Phi) is 5.28. The number of halogens is 1. The van der Waals surface area contributed by atoms with Gasteiger partial charge in [0.25, 0.3) is 0 Å². The molecule has 18 heavy (non-hydrogen) atoms. The SMILES string of the molecule is CCOC(=O)C(F)[C@@H](N)c1ccc(C(C)C)cc1. The van der Waals surface area contributed by atoms with Gasteiger partial charge >= 0.3 is 5.97 Å². The van der Waals surface area contributed by atoms with E-state index in [1.54, 1.807) is 19.1 Å². The summed E-state index contributed by atoms with van der Waals surface area (Å²) in [5.41, 5.74) is 7.47. The minimum Gasteiger partial charge on any atom is -0.464 e. The molecule has 0 bridgehead atoms. The Morgan fingerprint density at radius 3 is 2.22 bits per heavy atom. The first-order valence-corrected chi connectivity index (χ1v) is 6.13. The maximum absolute atomic E-state index is 13.7. The Bertz CT molecular complexity index is 389. The second-order valence-corrected chi connectivity index (χ2v) is 4.50. The van der Waals surface area contributed by atoms with Gasteiger partial charge in [0.15, 0.2) is 0 Å². The van der Waals surface area contributed by atoms with Crippen molar-refractivity contribution in [1.82, 2.24) is 0 Å². The first-order chi connectivity index (χ1) is 8.47. The number of rotatable bonds is 5. The van der Waals surface area contributed by atoms with E-state index in [0.717, 1.165) is 5.56 Å². The lowest BCUT2D eigenvalue weighted by Crippen LogP contribution is -2.31. The number of hydrogen-bond donors (Lipinski definition) is 1. The van der Waals surface area contributed by atoms with Crippen molar-refractivity contribution in [2.24, 2.45) is 5.73 Å². The van der Waals surface area contributed by atoms with E-state index in [1.807, 2.05) is 12.1 Å². The van der Waals surface area contributed by atoms with Crippen molar-refractivity contribution in [3.8, 4) is 0 Å². The summed E-state index contributed by atoms with van der Waals surface area (Å²) >= 11 is 0. The first kappa shape index (κ1) is 14.6. The summed E-state index contributed by atoms with van der Waals surface area (Å²) in [7, 11) is 0. The number of benzene rings is 1. The molecule has 0 saturated heterocycles. The first-order valence-electron chi connectivity index (χ1n) is 6.13. The number of nitrogens with two attached hydrogens (primary N) is 1. The molecule has 2 N–H and O–H groups in total. The van der Waals surface area contributed by atoms with Crippen LogP contribution in [0.4, 0.5) is 4.39 Å². The Morgan fingerprint density at radius 1 is 1.28 bits per heavy atom. The molecular formula is C14H20FNO2. The molecule has 1 rings (SSSR count). The third-order valence-electron chi connectivity index (χ3n) is 2.82. The summed E-state index contributed by atoms with van der Waals surface area (Å²) in [6.07, 6.45) is -1.82. The molecule has 0 aromatic heterocycles. The molecule has 0 aliphatic carbocycles. The maximum atomic E-state index is 13.7. The average molecular weight is 253 g/mol. The molecule has 1 aromatic carbocycles. The van der Waals surface area contributed by atoms with Crippen molar-refractivity contribution >= 4 is 5.97 Å². The highest BCUT2D eigenvalue weighted by molar-refractivity contribution is 5.75. The summed E-state index contributed by atoms with van der Waals surface area (Å²) in [4.78, 5) is 11.3. The fourth-order valence-corrected chi connectivity index (χ4v) is 1.64. The Balaban J connectivity index is 2.77. The van der Waals surface area contributed by atoms with Crippen LogP contribution in [-0.2, 0) is 9.53 Å². The zero-order valence-corrected chi connectivity index (χ0v) is 11.0. The highest BCUT2D eigenvalue weighted by atomic mass is 19.1. The normalized spacial score (nSPS) is 14.3. The van der Waals surface area contributed by atoms with Gasteiger partial charge in [0.1, 0.15) is 0 Å². The minimum atomic E-state index is -1.82. The molecular weight excluding hydrogens is 233 g/mol. The molecule has 0 saturated carbocycles. The number of hydrogen-bond acceptors (Lipinski definition) is 3. The van der Waals surface area contributed by atoms with Crippen LogP contribution in [0.2, 0.25) is 0 Å². The molecule has 4 heteroatoms. The molecule has 1 unspecified atom stereocenters. The van der Waals surface area contributed by atoms with E-state index in [-0.39, 0.29) is 6.61 Å². The topological polar surface area (TPSA) is 52.3 Å². The van der Waals surface area contributed by atoms with Crippen molar-refractivity contribution in [3.05, 3.63) is 35.4 Å². The third-order valence-corrected chi connectivity index (χ3v) is 2.82. The van der Waals surface area contributed by atoms with Crippen molar-refractivity contribution in [1.29, 1.82) is 0 Å². The monoisotopic (exact) mass is 253 g/mol. The van der Waals surface area contributed by atoms with Crippen LogP contribution in [0.1, 0.15) is 43.9 Å². The van der Waals surface area contributed by atoms with Gasteiger partial charge in [0, 0.05) is 0 Å². The summed E-state index contributed by atoms with van der Waals surface area (Å²) < 4.78 is 18.3. The molecule has 2 atom stereocenters.